The SMILES string of the molecule is Cc1ccc2c(c1)CN(C(=O)CC(C)(C)N)C2. The first-order valence-corrected chi connectivity index (χ1v) is 6.00. The van der Waals surface area contributed by atoms with Crippen molar-refractivity contribution in [2.24, 2.45) is 5.73 Å². The Labute approximate surface area is 103 Å². The molecule has 0 saturated heterocycles. The molecule has 1 aliphatic heterocycles. The number of aryl methyl sites for hydroxylation is 1. The van der Waals surface area contributed by atoms with E-state index in [0.717, 1.165) is 13.1 Å². The van der Waals surface area contributed by atoms with Crippen LogP contribution in [-0.2, 0) is 17.9 Å². The van der Waals surface area contributed by atoms with Crippen LogP contribution in [0.15, 0.2) is 18.2 Å². The lowest BCUT2D eigenvalue weighted by atomic mass is 10.0. The van der Waals surface area contributed by atoms with Crippen molar-refractivity contribution in [2.75, 3.05) is 0 Å². The summed E-state index contributed by atoms with van der Waals surface area (Å²) in [5.41, 5.74) is 9.24. The minimum absolute atomic E-state index is 0.145. The van der Waals surface area contributed by atoms with Gasteiger partial charge in [-0.2, -0.15) is 0 Å². The maximum atomic E-state index is 12.1. The molecule has 1 heterocycles. The van der Waals surface area contributed by atoms with E-state index >= 15 is 0 Å². The summed E-state index contributed by atoms with van der Waals surface area (Å²) in [7, 11) is 0. The van der Waals surface area contributed by atoms with Gasteiger partial charge in [-0.05, 0) is 31.9 Å². The molecule has 0 aliphatic carbocycles. The fraction of sp³-hybridized carbons (Fsp3) is 0.500. The number of benzene rings is 1. The zero-order valence-corrected chi connectivity index (χ0v) is 10.8. The molecule has 0 unspecified atom stereocenters. The van der Waals surface area contributed by atoms with Gasteiger partial charge in [-0.1, -0.05) is 23.8 Å². The molecular formula is C14H20N2O. The molecule has 2 N–H and O–H groups in total. The minimum atomic E-state index is -0.429. The Morgan fingerprint density at radius 2 is 2.00 bits per heavy atom. The van der Waals surface area contributed by atoms with E-state index in [4.69, 9.17) is 5.73 Å². The predicted molar refractivity (Wildman–Crippen MR) is 68.3 cm³/mol. The van der Waals surface area contributed by atoms with E-state index in [-0.39, 0.29) is 5.91 Å². The second-order valence-electron chi connectivity index (χ2n) is 5.69. The van der Waals surface area contributed by atoms with E-state index in [1.165, 1.54) is 16.7 Å². The van der Waals surface area contributed by atoms with Crippen LogP contribution in [0.25, 0.3) is 0 Å². The number of hydrogen-bond donors (Lipinski definition) is 1. The summed E-state index contributed by atoms with van der Waals surface area (Å²) in [6, 6.07) is 6.38. The van der Waals surface area contributed by atoms with Gasteiger partial charge >= 0.3 is 0 Å². The highest BCUT2D eigenvalue weighted by Crippen LogP contribution is 2.25. The topological polar surface area (TPSA) is 46.3 Å². The van der Waals surface area contributed by atoms with Gasteiger partial charge in [-0.25, -0.2) is 0 Å². The summed E-state index contributed by atoms with van der Waals surface area (Å²) in [5, 5.41) is 0. The number of carbonyl (C=O) groups is 1. The van der Waals surface area contributed by atoms with Crippen LogP contribution in [0, 0.1) is 6.92 Å². The van der Waals surface area contributed by atoms with Crippen molar-refractivity contribution in [1.82, 2.24) is 4.90 Å². The average Bonchev–Trinajstić information content (AvgIpc) is 2.57. The van der Waals surface area contributed by atoms with Crippen molar-refractivity contribution in [3.8, 4) is 0 Å². The lowest BCUT2D eigenvalue weighted by molar-refractivity contribution is -0.132. The van der Waals surface area contributed by atoms with Crippen molar-refractivity contribution in [3.05, 3.63) is 34.9 Å². The van der Waals surface area contributed by atoms with Gasteiger partial charge in [0.1, 0.15) is 0 Å². The Kier molecular flexibility index (Phi) is 2.96. The highest BCUT2D eigenvalue weighted by atomic mass is 16.2. The molecule has 0 fully saturated rings. The van der Waals surface area contributed by atoms with Crippen LogP contribution in [0.5, 0.6) is 0 Å². The summed E-state index contributed by atoms with van der Waals surface area (Å²) in [4.78, 5) is 13.9. The molecule has 1 aromatic carbocycles. The summed E-state index contributed by atoms with van der Waals surface area (Å²) in [6.45, 7) is 7.31. The van der Waals surface area contributed by atoms with Crippen molar-refractivity contribution in [1.29, 1.82) is 0 Å². The van der Waals surface area contributed by atoms with Crippen LogP contribution < -0.4 is 5.73 Å². The van der Waals surface area contributed by atoms with Crippen LogP contribution in [0.3, 0.4) is 0 Å². The van der Waals surface area contributed by atoms with Crippen LogP contribution in [0.2, 0.25) is 0 Å². The molecule has 0 spiro atoms. The number of nitrogens with two attached hydrogens (primary N) is 1. The number of rotatable bonds is 2. The predicted octanol–water partition coefficient (Wildman–Crippen LogP) is 1.96. The molecular weight excluding hydrogens is 212 g/mol. The Morgan fingerprint density at radius 1 is 1.35 bits per heavy atom. The average molecular weight is 232 g/mol. The lowest BCUT2D eigenvalue weighted by Gasteiger charge is -2.22. The van der Waals surface area contributed by atoms with E-state index in [2.05, 4.69) is 25.1 Å². The Morgan fingerprint density at radius 3 is 2.65 bits per heavy atom. The maximum absolute atomic E-state index is 12.1. The number of carbonyl (C=O) groups excluding carboxylic acids is 1. The monoisotopic (exact) mass is 232 g/mol. The quantitative estimate of drug-likeness (QED) is 0.847. The van der Waals surface area contributed by atoms with E-state index in [1.54, 1.807) is 0 Å². The normalized spacial score (nSPS) is 14.9. The molecule has 3 heteroatoms. The Bertz CT molecular complexity index is 446. The second-order valence-corrected chi connectivity index (χ2v) is 5.69. The smallest absolute Gasteiger partial charge is 0.224 e. The van der Waals surface area contributed by atoms with E-state index in [9.17, 15) is 4.79 Å². The molecule has 0 aromatic heterocycles. The summed E-state index contributed by atoms with van der Waals surface area (Å²) < 4.78 is 0. The van der Waals surface area contributed by atoms with Crippen molar-refractivity contribution >= 4 is 5.91 Å². The third-order valence-corrected chi connectivity index (χ3v) is 3.04. The number of fused-ring (bicyclic) bond motifs is 1. The number of hydrogen-bond acceptors (Lipinski definition) is 2. The van der Waals surface area contributed by atoms with Gasteiger partial charge in [-0.15, -0.1) is 0 Å². The van der Waals surface area contributed by atoms with E-state index in [0.29, 0.717) is 6.42 Å². The van der Waals surface area contributed by atoms with E-state index in [1.807, 2.05) is 18.7 Å². The standard InChI is InChI=1S/C14H20N2O/c1-10-4-5-11-8-16(9-12(11)6-10)13(17)7-14(2,3)15/h4-6H,7-9,15H2,1-3H3. The Balaban J connectivity index is 2.07. The molecule has 0 bridgehead atoms. The number of nitrogens with zero attached hydrogens (tertiary/aromatic N) is 1. The third kappa shape index (κ3) is 2.86. The van der Waals surface area contributed by atoms with Gasteiger partial charge in [0.05, 0.1) is 0 Å². The molecule has 1 aromatic rings. The molecule has 0 radical (unpaired) electrons. The first-order chi connectivity index (χ1) is 7.85. The van der Waals surface area contributed by atoms with Gasteiger partial charge < -0.3 is 10.6 Å². The first kappa shape index (κ1) is 12.1. The summed E-state index contributed by atoms with van der Waals surface area (Å²) in [6.07, 6.45) is 0.403. The van der Waals surface area contributed by atoms with Crippen molar-refractivity contribution in [3.63, 3.8) is 0 Å². The molecule has 1 amide bonds. The highest BCUT2D eigenvalue weighted by Gasteiger charge is 2.26. The molecule has 17 heavy (non-hydrogen) atoms. The van der Waals surface area contributed by atoms with Gasteiger partial charge in [0.25, 0.3) is 0 Å². The highest BCUT2D eigenvalue weighted by molar-refractivity contribution is 5.78. The summed E-state index contributed by atoms with van der Waals surface area (Å²) in [5.74, 6) is 0.145. The van der Waals surface area contributed by atoms with Crippen LogP contribution in [0.4, 0.5) is 0 Å². The number of amides is 1. The molecule has 0 atom stereocenters. The second kappa shape index (κ2) is 4.15. The van der Waals surface area contributed by atoms with Gasteiger partial charge in [0.2, 0.25) is 5.91 Å². The zero-order valence-electron chi connectivity index (χ0n) is 10.8. The summed E-state index contributed by atoms with van der Waals surface area (Å²) >= 11 is 0. The Hall–Kier alpha value is -1.35. The maximum Gasteiger partial charge on any atom is 0.224 e. The molecule has 0 saturated carbocycles. The lowest BCUT2D eigenvalue weighted by Crippen LogP contribution is -2.39. The first-order valence-electron chi connectivity index (χ1n) is 6.00. The fourth-order valence-corrected chi connectivity index (χ4v) is 2.20. The van der Waals surface area contributed by atoms with Gasteiger partial charge in [-0.3, -0.25) is 4.79 Å². The van der Waals surface area contributed by atoms with Crippen LogP contribution in [-0.4, -0.2) is 16.3 Å². The van der Waals surface area contributed by atoms with Gasteiger partial charge in [0.15, 0.2) is 0 Å². The van der Waals surface area contributed by atoms with Crippen LogP contribution >= 0.6 is 0 Å². The minimum Gasteiger partial charge on any atom is -0.334 e. The van der Waals surface area contributed by atoms with Crippen molar-refractivity contribution < 1.29 is 4.79 Å². The van der Waals surface area contributed by atoms with Crippen LogP contribution in [0.1, 0.15) is 37.0 Å². The fourth-order valence-electron chi connectivity index (χ4n) is 2.20. The van der Waals surface area contributed by atoms with E-state index < -0.39 is 5.54 Å². The third-order valence-electron chi connectivity index (χ3n) is 3.04. The molecule has 2 rings (SSSR count). The zero-order chi connectivity index (χ0) is 12.6. The van der Waals surface area contributed by atoms with Gasteiger partial charge in [0, 0.05) is 25.0 Å². The largest absolute Gasteiger partial charge is 0.334 e. The molecule has 92 valence electrons. The molecule has 1 aliphatic rings. The molecule has 3 nitrogen and oxygen atoms in total. The van der Waals surface area contributed by atoms with Crippen molar-refractivity contribution in [2.45, 2.75) is 45.8 Å².